The lowest BCUT2D eigenvalue weighted by molar-refractivity contribution is -0.132. The molecule has 3 aromatic carbocycles. The summed E-state index contributed by atoms with van der Waals surface area (Å²) in [6, 6.07) is 15.4. The van der Waals surface area contributed by atoms with Crippen LogP contribution in [0.2, 0.25) is 0 Å². The summed E-state index contributed by atoms with van der Waals surface area (Å²) in [5.41, 5.74) is 2.57. The number of nitrogens with one attached hydrogen (secondary N) is 1. The molecule has 0 radical (unpaired) electrons. The largest absolute Gasteiger partial charge is 0.507 e. The maximum absolute atomic E-state index is 13.4. The molecule has 1 unspecified atom stereocenters. The lowest BCUT2D eigenvalue weighted by atomic mass is 9.94. The molecule has 1 atom stereocenters. The van der Waals surface area contributed by atoms with Crippen LogP contribution in [0.25, 0.3) is 16.8 Å². The summed E-state index contributed by atoms with van der Waals surface area (Å²) in [4.78, 5) is 46.8. The molecule has 0 aliphatic carbocycles. The molecule has 10 heteroatoms. The van der Waals surface area contributed by atoms with Crippen LogP contribution in [0.1, 0.15) is 33.1 Å². The minimum Gasteiger partial charge on any atom is -0.507 e. The molecular formula is C27H20BrN3O6. The molecule has 1 saturated heterocycles. The summed E-state index contributed by atoms with van der Waals surface area (Å²) in [6.07, 6.45) is 0. The molecule has 1 aliphatic heterocycles. The summed E-state index contributed by atoms with van der Waals surface area (Å²) in [5, 5.41) is 20.6. The van der Waals surface area contributed by atoms with Crippen LogP contribution in [0, 0.1) is 6.92 Å². The number of ketones is 1. The Balaban J connectivity index is 1.72. The highest BCUT2D eigenvalue weighted by atomic mass is 79.9. The van der Waals surface area contributed by atoms with Gasteiger partial charge < -0.3 is 19.9 Å². The van der Waals surface area contributed by atoms with Crippen molar-refractivity contribution in [2.75, 3.05) is 12.0 Å². The Labute approximate surface area is 219 Å². The Hall–Kier alpha value is -4.44. The summed E-state index contributed by atoms with van der Waals surface area (Å²) in [6.45, 7) is 1.88. The Morgan fingerprint density at radius 3 is 2.49 bits per heavy atom. The lowest BCUT2D eigenvalue weighted by Gasteiger charge is -2.23. The van der Waals surface area contributed by atoms with E-state index in [1.807, 2.05) is 19.1 Å². The van der Waals surface area contributed by atoms with Gasteiger partial charge in [-0.2, -0.15) is 0 Å². The zero-order chi connectivity index (χ0) is 26.4. The summed E-state index contributed by atoms with van der Waals surface area (Å²) in [5.74, 6) is -2.61. The molecule has 1 aliphatic rings. The number of rotatable bonds is 5. The predicted octanol–water partition coefficient (Wildman–Crippen LogP) is 4.97. The molecule has 0 saturated carbocycles. The Morgan fingerprint density at radius 1 is 1.05 bits per heavy atom. The van der Waals surface area contributed by atoms with Gasteiger partial charge >= 0.3 is 11.9 Å². The minimum atomic E-state index is -1.11. The van der Waals surface area contributed by atoms with Gasteiger partial charge in [-0.15, -0.1) is 0 Å². The quantitative estimate of drug-likeness (QED) is 0.178. The van der Waals surface area contributed by atoms with Crippen molar-refractivity contribution in [3.05, 3.63) is 93.0 Å². The molecule has 9 nitrogen and oxygen atoms in total. The number of H-pyrrole nitrogens is 1. The summed E-state index contributed by atoms with van der Waals surface area (Å²) >= 11 is 3.39. The van der Waals surface area contributed by atoms with Crippen LogP contribution in [0.3, 0.4) is 0 Å². The first kappa shape index (κ1) is 24.3. The molecule has 2 heterocycles. The third-order valence-electron chi connectivity index (χ3n) is 6.17. The SMILES string of the molecule is COc1ccc(/C(O)=C2\C(=O)C(=O)N(c3nc4ccc(C(=O)O)cc4[nH]3)C2c2cccc(C)c2)cc1Br. The third-order valence-corrected chi connectivity index (χ3v) is 6.79. The zero-order valence-corrected chi connectivity index (χ0v) is 21.2. The maximum Gasteiger partial charge on any atom is 0.335 e. The van der Waals surface area contributed by atoms with Crippen molar-refractivity contribution in [1.82, 2.24) is 9.97 Å². The highest BCUT2D eigenvalue weighted by Crippen LogP contribution is 2.42. The standard InChI is InChI=1S/C27H20BrN3O6/c1-13-4-3-5-14(10-13)22-21(23(32)15-7-9-20(37-2)17(28)11-15)24(33)25(34)31(22)27-29-18-8-6-16(26(35)36)12-19(18)30-27/h3-12,22,32H,1-2H3,(H,29,30)(H,35,36)/b23-21+. The van der Waals surface area contributed by atoms with Crippen LogP contribution in [0.15, 0.2) is 70.7 Å². The van der Waals surface area contributed by atoms with E-state index in [0.717, 1.165) is 5.56 Å². The number of hydrogen-bond donors (Lipinski definition) is 3. The first-order valence-corrected chi connectivity index (χ1v) is 11.9. The fourth-order valence-electron chi connectivity index (χ4n) is 4.42. The number of carboxylic acids is 1. The fraction of sp³-hybridized carbons (Fsp3) is 0.111. The van der Waals surface area contributed by atoms with Gasteiger partial charge in [-0.1, -0.05) is 29.8 Å². The minimum absolute atomic E-state index is 0.0464. The number of aromatic nitrogens is 2. The van der Waals surface area contributed by atoms with E-state index in [1.165, 1.54) is 30.2 Å². The number of methoxy groups -OCH3 is 1. The Kier molecular flexibility index (Phi) is 6.04. The number of anilines is 1. The lowest BCUT2D eigenvalue weighted by Crippen LogP contribution is -2.30. The fourth-order valence-corrected chi connectivity index (χ4v) is 4.96. The molecule has 1 aromatic heterocycles. The molecule has 1 amide bonds. The maximum atomic E-state index is 13.4. The van der Waals surface area contributed by atoms with Gasteiger partial charge in [0.1, 0.15) is 11.5 Å². The molecule has 186 valence electrons. The third kappa shape index (κ3) is 4.15. The van der Waals surface area contributed by atoms with Gasteiger partial charge in [0, 0.05) is 5.56 Å². The zero-order valence-electron chi connectivity index (χ0n) is 19.7. The van der Waals surface area contributed by atoms with Gasteiger partial charge in [0.25, 0.3) is 5.78 Å². The average molecular weight is 562 g/mol. The second-order valence-corrected chi connectivity index (χ2v) is 9.38. The number of fused-ring (bicyclic) bond motifs is 1. The first-order valence-electron chi connectivity index (χ1n) is 11.1. The number of carbonyl (C=O) groups excluding carboxylic acids is 2. The van der Waals surface area contributed by atoms with Gasteiger partial charge in [0.15, 0.2) is 0 Å². The number of halogens is 1. The van der Waals surface area contributed by atoms with E-state index in [0.29, 0.717) is 32.4 Å². The van der Waals surface area contributed by atoms with E-state index < -0.39 is 23.7 Å². The van der Waals surface area contributed by atoms with Gasteiger partial charge in [-0.05, 0) is 64.8 Å². The van der Waals surface area contributed by atoms with Crippen molar-refractivity contribution in [1.29, 1.82) is 0 Å². The predicted molar refractivity (Wildman–Crippen MR) is 140 cm³/mol. The number of aliphatic hydroxyl groups is 1. The van der Waals surface area contributed by atoms with Crippen molar-refractivity contribution in [2.24, 2.45) is 0 Å². The van der Waals surface area contributed by atoms with Crippen molar-refractivity contribution in [3.8, 4) is 5.75 Å². The Morgan fingerprint density at radius 2 is 1.81 bits per heavy atom. The smallest absolute Gasteiger partial charge is 0.335 e. The van der Waals surface area contributed by atoms with Crippen LogP contribution < -0.4 is 9.64 Å². The molecule has 0 spiro atoms. The van der Waals surface area contributed by atoms with E-state index in [-0.39, 0.29) is 22.8 Å². The van der Waals surface area contributed by atoms with Crippen molar-refractivity contribution < 1.29 is 29.3 Å². The summed E-state index contributed by atoms with van der Waals surface area (Å²) in [7, 11) is 1.51. The number of nitrogens with zero attached hydrogens (tertiary/aromatic N) is 2. The second kappa shape index (κ2) is 9.21. The van der Waals surface area contributed by atoms with E-state index in [4.69, 9.17) is 4.74 Å². The van der Waals surface area contributed by atoms with Gasteiger partial charge in [0.05, 0.1) is 39.8 Å². The number of carboxylic acid groups (broad SMARTS) is 1. The normalized spacial score (nSPS) is 16.9. The van der Waals surface area contributed by atoms with Crippen LogP contribution in [0.4, 0.5) is 5.95 Å². The number of amides is 1. The van der Waals surface area contributed by atoms with E-state index in [1.54, 1.807) is 30.3 Å². The number of aliphatic hydroxyl groups excluding tert-OH is 1. The van der Waals surface area contributed by atoms with Gasteiger partial charge in [-0.25, -0.2) is 9.78 Å². The van der Waals surface area contributed by atoms with Crippen LogP contribution in [-0.2, 0) is 9.59 Å². The highest BCUT2D eigenvalue weighted by Gasteiger charge is 2.48. The topological polar surface area (TPSA) is 133 Å². The summed E-state index contributed by atoms with van der Waals surface area (Å²) < 4.78 is 5.81. The number of aryl methyl sites for hydroxylation is 1. The van der Waals surface area contributed by atoms with Gasteiger partial charge in [0.2, 0.25) is 5.95 Å². The van der Waals surface area contributed by atoms with E-state index in [9.17, 15) is 24.6 Å². The number of aromatic amines is 1. The van der Waals surface area contributed by atoms with Crippen molar-refractivity contribution in [2.45, 2.75) is 13.0 Å². The van der Waals surface area contributed by atoms with Crippen molar-refractivity contribution >= 4 is 56.3 Å². The average Bonchev–Trinajstić information content (AvgIpc) is 3.41. The first-order chi connectivity index (χ1) is 17.7. The number of benzene rings is 3. The van der Waals surface area contributed by atoms with Gasteiger partial charge in [-0.3, -0.25) is 14.5 Å². The molecule has 37 heavy (non-hydrogen) atoms. The van der Waals surface area contributed by atoms with E-state index in [2.05, 4.69) is 25.9 Å². The Bertz CT molecular complexity index is 1640. The number of imidazole rings is 1. The monoisotopic (exact) mass is 561 g/mol. The van der Waals surface area contributed by atoms with Crippen LogP contribution in [0.5, 0.6) is 5.75 Å². The molecule has 5 rings (SSSR count). The molecule has 1 fully saturated rings. The van der Waals surface area contributed by atoms with Crippen LogP contribution >= 0.6 is 15.9 Å². The number of carbonyl (C=O) groups is 3. The number of aromatic carboxylic acids is 1. The number of Topliss-reactive ketones (excluding diaryl/α,β-unsaturated/α-hetero) is 1. The van der Waals surface area contributed by atoms with Crippen LogP contribution in [-0.4, -0.2) is 45.0 Å². The molecule has 0 bridgehead atoms. The van der Waals surface area contributed by atoms with Crippen molar-refractivity contribution in [3.63, 3.8) is 0 Å². The van der Waals surface area contributed by atoms with E-state index >= 15 is 0 Å². The number of hydrogen-bond acceptors (Lipinski definition) is 6. The molecule has 4 aromatic rings. The highest BCUT2D eigenvalue weighted by molar-refractivity contribution is 9.10. The molecular weight excluding hydrogens is 542 g/mol. The molecule has 3 N–H and O–H groups in total. The number of ether oxygens (including phenoxy) is 1. The second-order valence-electron chi connectivity index (χ2n) is 8.53.